The molecular formula is C26H22BrN3O3. The molecule has 1 heterocycles. The second kappa shape index (κ2) is 9.83. The molecule has 0 unspecified atom stereocenters. The van der Waals surface area contributed by atoms with Crippen LogP contribution in [0, 0.1) is 6.92 Å². The highest BCUT2D eigenvalue weighted by atomic mass is 79.9. The number of nitrogens with zero attached hydrogens (tertiary/aromatic N) is 2. The molecule has 3 aromatic carbocycles. The van der Waals surface area contributed by atoms with Crippen LogP contribution in [-0.2, 0) is 9.59 Å². The lowest BCUT2D eigenvalue weighted by Gasteiger charge is -2.11. The maximum absolute atomic E-state index is 12.9. The Hall–Kier alpha value is -3.71. The lowest BCUT2D eigenvalue weighted by Crippen LogP contribution is -2.21. The average Bonchev–Trinajstić information content (AvgIpc) is 3.07. The lowest BCUT2D eigenvalue weighted by atomic mass is 10.1. The second-order valence-electron chi connectivity index (χ2n) is 7.59. The minimum absolute atomic E-state index is 0.122. The molecule has 0 aromatic heterocycles. The Labute approximate surface area is 200 Å². The summed E-state index contributed by atoms with van der Waals surface area (Å²) in [6, 6.07) is 22.3. The quantitative estimate of drug-likeness (QED) is 0.446. The molecule has 4 rings (SSSR count). The zero-order valence-corrected chi connectivity index (χ0v) is 19.8. The summed E-state index contributed by atoms with van der Waals surface area (Å²) in [4.78, 5) is 25.1. The van der Waals surface area contributed by atoms with E-state index >= 15 is 0 Å². The standard InChI is InChI=1S/C26H22BrN3O3/c1-17-7-6-8-20(13-17)28-25(31)16-33-24-12-11-19(15-23(24)27)14-22-18(2)29-30(26(22)32)21-9-4-3-5-10-21/h3-15H,16H2,1-2H3,(H,28,31)/b22-14+. The molecule has 0 saturated carbocycles. The van der Waals surface area contributed by atoms with Gasteiger partial charge in [0, 0.05) is 5.69 Å². The number of amides is 2. The van der Waals surface area contributed by atoms with Crippen LogP contribution >= 0.6 is 15.9 Å². The third-order valence-corrected chi connectivity index (χ3v) is 5.61. The van der Waals surface area contributed by atoms with E-state index in [4.69, 9.17) is 4.74 Å². The summed E-state index contributed by atoms with van der Waals surface area (Å²) in [5.74, 6) is 0.108. The zero-order valence-electron chi connectivity index (χ0n) is 18.2. The first-order valence-corrected chi connectivity index (χ1v) is 11.2. The number of rotatable bonds is 6. The van der Waals surface area contributed by atoms with Gasteiger partial charge in [-0.15, -0.1) is 0 Å². The van der Waals surface area contributed by atoms with Gasteiger partial charge < -0.3 is 10.1 Å². The Morgan fingerprint density at radius 1 is 1.06 bits per heavy atom. The van der Waals surface area contributed by atoms with Gasteiger partial charge in [0.2, 0.25) is 0 Å². The molecule has 33 heavy (non-hydrogen) atoms. The number of para-hydroxylation sites is 1. The number of hydrogen-bond donors (Lipinski definition) is 1. The van der Waals surface area contributed by atoms with Crippen LogP contribution < -0.4 is 15.1 Å². The number of aryl methyl sites for hydroxylation is 1. The van der Waals surface area contributed by atoms with Gasteiger partial charge in [-0.1, -0.05) is 36.4 Å². The summed E-state index contributed by atoms with van der Waals surface area (Å²) >= 11 is 3.49. The number of ether oxygens (including phenoxy) is 1. The normalized spacial score (nSPS) is 14.4. The number of nitrogens with one attached hydrogen (secondary N) is 1. The molecule has 0 atom stereocenters. The molecule has 6 nitrogen and oxygen atoms in total. The van der Waals surface area contributed by atoms with Crippen molar-refractivity contribution in [3.05, 3.63) is 94.0 Å². The van der Waals surface area contributed by atoms with Crippen molar-refractivity contribution in [1.82, 2.24) is 0 Å². The van der Waals surface area contributed by atoms with Crippen LogP contribution in [0.2, 0.25) is 0 Å². The number of carbonyl (C=O) groups is 2. The highest BCUT2D eigenvalue weighted by Gasteiger charge is 2.28. The van der Waals surface area contributed by atoms with Gasteiger partial charge in [0.15, 0.2) is 6.61 Å². The van der Waals surface area contributed by atoms with Crippen LogP contribution in [0.4, 0.5) is 11.4 Å². The van der Waals surface area contributed by atoms with Crippen molar-refractivity contribution in [3.63, 3.8) is 0 Å². The minimum Gasteiger partial charge on any atom is -0.483 e. The first kappa shape index (κ1) is 22.5. The average molecular weight is 504 g/mol. The van der Waals surface area contributed by atoms with E-state index in [0.29, 0.717) is 21.5 Å². The largest absolute Gasteiger partial charge is 0.483 e. The molecule has 3 aromatic rings. The number of hydrogen-bond acceptors (Lipinski definition) is 4. The van der Waals surface area contributed by atoms with Gasteiger partial charge in [-0.3, -0.25) is 9.59 Å². The minimum atomic E-state index is -0.247. The van der Waals surface area contributed by atoms with Crippen LogP contribution in [0.1, 0.15) is 18.1 Å². The maximum atomic E-state index is 12.9. The van der Waals surface area contributed by atoms with Gasteiger partial charge in [-0.05, 0) is 83.4 Å². The van der Waals surface area contributed by atoms with Crippen molar-refractivity contribution in [3.8, 4) is 5.75 Å². The van der Waals surface area contributed by atoms with Crippen molar-refractivity contribution in [1.29, 1.82) is 0 Å². The summed E-state index contributed by atoms with van der Waals surface area (Å²) < 4.78 is 6.35. The Morgan fingerprint density at radius 2 is 1.85 bits per heavy atom. The lowest BCUT2D eigenvalue weighted by molar-refractivity contribution is -0.118. The highest BCUT2D eigenvalue weighted by molar-refractivity contribution is 9.10. The van der Waals surface area contributed by atoms with Crippen molar-refractivity contribution in [2.75, 3.05) is 16.9 Å². The van der Waals surface area contributed by atoms with Crippen molar-refractivity contribution < 1.29 is 14.3 Å². The monoisotopic (exact) mass is 503 g/mol. The molecule has 1 aliphatic heterocycles. The molecule has 0 spiro atoms. The number of anilines is 2. The summed E-state index contributed by atoms with van der Waals surface area (Å²) in [5, 5.41) is 8.62. The Balaban J connectivity index is 1.42. The van der Waals surface area contributed by atoms with E-state index in [1.807, 2.05) is 80.6 Å². The molecule has 0 bridgehead atoms. The van der Waals surface area contributed by atoms with Crippen LogP contribution in [0.3, 0.4) is 0 Å². The molecule has 0 aliphatic carbocycles. The highest BCUT2D eigenvalue weighted by Crippen LogP contribution is 2.29. The van der Waals surface area contributed by atoms with E-state index in [2.05, 4.69) is 26.3 Å². The molecule has 166 valence electrons. The van der Waals surface area contributed by atoms with E-state index in [1.165, 1.54) is 5.01 Å². The summed E-state index contributed by atoms with van der Waals surface area (Å²) in [7, 11) is 0. The number of carbonyl (C=O) groups excluding carboxylic acids is 2. The van der Waals surface area contributed by atoms with E-state index in [9.17, 15) is 9.59 Å². The van der Waals surface area contributed by atoms with Gasteiger partial charge in [-0.2, -0.15) is 10.1 Å². The van der Waals surface area contributed by atoms with Crippen molar-refractivity contribution in [2.24, 2.45) is 5.10 Å². The van der Waals surface area contributed by atoms with E-state index in [-0.39, 0.29) is 18.4 Å². The fourth-order valence-electron chi connectivity index (χ4n) is 3.38. The molecule has 7 heteroatoms. The predicted molar refractivity (Wildman–Crippen MR) is 134 cm³/mol. The maximum Gasteiger partial charge on any atom is 0.280 e. The van der Waals surface area contributed by atoms with Gasteiger partial charge in [0.1, 0.15) is 5.75 Å². The topological polar surface area (TPSA) is 71.0 Å². The van der Waals surface area contributed by atoms with Crippen molar-refractivity contribution in [2.45, 2.75) is 13.8 Å². The van der Waals surface area contributed by atoms with Crippen LogP contribution in [0.15, 0.2) is 87.9 Å². The van der Waals surface area contributed by atoms with Crippen molar-refractivity contribution >= 4 is 50.9 Å². The summed E-state index contributed by atoms with van der Waals surface area (Å²) in [5.41, 5.74) is 4.50. The summed E-state index contributed by atoms with van der Waals surface area (Å²) in [6.07, 6.45) is 1.79. The third-order valence-electron chi connectivity index (χ3n) is 4.99. The van der Waals surface area contributed by atoms with Crippen LogP contribution in [0.5, 0.6) is 5.75 Å². The predicted octanol–water partition coefficient (Wildman–Crippen LogP) is 5.58. The third kappa shape index (κ3) is 5.38. The Morgan fingerprint density at radius 3 is 2.58 bits per heavy atom. The first-order chi connectivity index (χ1) is 15.9. The SMILES string of the molecule is CC1=NN(c2ccccc2)C(=O)/C1=C/c1ccc(OCC(=O)Nc2cccc(C)c2)c(Br)c1. The fraction of sp³-hybridized carbons (Fsp3) is 0.115. The first-order valence-electron chi connectivity index (χ1n) is 10.4. The van der Waals surface area contributed by atoms with Crippen LogP contribution in [0.25, 0.3) is 6.08 Å². The van der Waals surface area contributed by atoms with Gasteiger partial charge >= 0.3 is 0 Å². The molecule has 0 saturated heterocycles. The Kier molecular flexibility index (Phi) is 6.70. The fourth-order valence-corrected chi connectivity index (χ4v) is 3.89. The number of hydrazone groups is 1. The second-order valence-corrected chi connectivity index (χ2v) is 8.45. The molecule has 2 amide bonds. The Bertz CT molecular complexity index is 1270. The number of halogens is 1. The molecule has 1 N–H and O–H groups in total. The smallest absolute Gasteiger partial charge is 0.280 e. The molecule has 1 aliphatic rings. The van der Waals surface area contributed by atoms with E-state index in [0.717, 1.165) is 22.5 Å². The number of benzene rings is 3. The van der Waals surface area contributed by atoms with E-state index in [1.54, 1.807) is 12.1 Å². The molecular weight excluding hydrogens is 482 g/mol. The van der Waals surface area contributed by atoms with Gasteiger partial charge in [0.25, 0.3) is 11.8 Å². The van der Waals surface area contributed by atoms with Gasteiger partial charge in [-0.25, -0.2) is 0 Å². The zero-order chi connectivity index (χ0) is 23.4. The molecule has 0 radical (unpaired) electrons. The van der Waals surface area contributed by atoms with Gasteiger partial charge in [0.05, 0.1) is 21.4 Å². The summed E-state index contributed by atoms with van der Waals surface area (Å²) in [6.45, 7) is 3.65. The molecule has 0 fully saturated rings. The van der Waals surface area contributed by atoms with E-state index < -0.39 is 0 Å². The van der Waals surface area contributed by atoms with Crippen LogP contribution in [-0.4, -0.2) is 24.1 Å².